The van der Waals surface area contributed by atoms with E-state index in [-0.39, 0.29) is 24.5 Å². The number of nitrogens with one attached hydrogen (secondary N) is 2. The summed E-state index contributed by atoms with van der Waals surface area (Å²) in [6.07, 6.45) is 1.73. The van der Waals surface area contributed by atoms with Gasteiger partial charge in [-0.25, -0.2) is 0 Å². The number of fused-ring (bicyclic) bond motifs is 4. The largest absolute Gasteiger partial charge is 0.373 e. The first-order chi connectivity index (χ1) is 16.2. The van der Waals surface area contributed by atoms with Gasteiger partial charge in [0, 0.05) is 36.6 Å². The Morgan fingerprint density at radius 3 is 2.68 bits per heavy atom. The van der Waals surface area contributed by atoms with Crippen molar-refractivity contribution >= 4 is 40.8 Å². The molecule has 176 valence electrons. The highest BCUT2D eigenvalue weighted by Crippen LogP contribution is 2.43. The van der Waals surface area contributed by atoms with Gasteiger partial charge in [-0.15, -0.1) is 0 Å². The first-order valence-corrected chi connectivity index (χ1v) is 11.5. The standard InChI is InChI=1S/C25H26ClN5O3/c1-12-6-18-20(27-12)9-17-16-7-15(8-19(26)23(16)28-24(17)32)22-14(3)31(5)29-21(22)11-34-10-13(2)30(4)25(18)33/h6-9,13,27H,10-11H2,1-5H3,(H,28,32)/b17-9+/t13-/m1/s1. The zero-order chi connectivity index (χ0) is 24.3. The van der Waals surface area contributed by atoms with Crippen LogP contribution in [0, 0.1) is 13.8 Å². The van der Waals surface area contributed by atoms with E-state index in [9.17, 15) is 9.59 Å². The molecule has 0 saturated heterocycles. The van der Waals surface area contributed by atoms with Crippen LogP contribution in [0.4, 0.5) is 5.69 Å². The van der Waals surface area contributed by atoms with Gasteiger partial charge in [-0.3, -0.25) is 14.3 Å². The fourth-order valence-electron chi connectivity index (χ4n) is 4.56. The summed E-state index contributed by atoms with van der Waals surface area (Å²) in [7, 11) is 3.64. The van der Waals surface area contributed by atoms with Gasteiger partial charge in [-0.2, -0.15) is 5.10 Å². The third kappa shape index (κ3) is 3.54. The zero-order valence-electron chi connectivity index (χ0n) is 19.7. The lowest BCUT2D eigenvalue weighted by Crippen LogP contribution is -2.38. The van der Waals surface area contributed by atoms with Crippen LogP contribution in [0.3, 0.4) is 0 Å². The predicted molar refractivity (Wildman–Crippen MR) is 132 cm³/mol. The minimum absolute atomic E-state index is 0.151. The molecular formula is C25H26ClN5O3. The Kier molecular flexibility index (Phi) is 5.37. The topological polar surface area (TPSA) is 92.2 Å². The summed E-state index contributed by atoms with van der Waals surface area (Å²) in [6.45, 7) is 6.45. The molecule has 2 aromatic heterocycles. The lowest BCUT2D eigenvalue weighted by molar-refractivity contribution is -0.110. The minimum Gasteiger partial charge on any atom is -0.373 e. The summed E-state index contributed by atoms with van der Waals surface area (Å²) in [4.78, 5) is 31.2. The SMILES string of the molecule is Cc1cc2c([nH]1)/C=C1/C(=O)Nc3c(Cl)cc(cc31)-c1c(nn(C)c1C)COC[C@@H](C)N(C)C2=O. The van der Waals surface area contributed by atoms with Crippen LogP contribution in [0.2, 0.25) is 5.02 Å². The Labute approximate surface area is 202 Å². The first kappa shape index (κ1) is 22.4. The average Bonchev–Trinajstić information content (AvgIpc) is 3.40. The Morgan fingerprint density at radius 1 is 1.15 bits per heavy atom. The third-order valence-corrected chi connectivity index (χ3v) is 6.94. The second-order valence-corrected chi connectivity index (χ2v) is 9.39. The molecule has 5 rings (SSSR count). The number of ether oxygens (including phenoxy) is 1. The maximum atomic E-state index is 13.3. The van der Waals surface area contributed by atoms with Crippen LogP contribution >= 0.6 is 11.6 Å². The number of anilines is 1. The number of hydrogen-bond donors (Lipinski definition) is 2. The molecule has 9 heteroatoms. The van der Waals surface area contributed by atoms with E-state index in [4.69, 9.17) is 16.3 Å². The lowest BCUT2D eigenvalue weighted by atomic mass is 9.97. The number of aromatic nitrogens is 3. The lowest BCUT2D eigenvalue weighted by Gasteiger charge is -2.25. The van der Waals surface area contributed by atoms with E-state index in [0.717, 1.165) is 28.2 Å². The second-order valence-electron chi connectivity index (χ2n) is 8.98. The van der Waals surface area contributed by atoms with Crippen molar-refractivity contribution in [3.05, 3.63) is 57.1 Å². The molecule has 4 heterocycles. The quantitative estimate of drug-likeness (QED) is 0.506. The number of H-pyrrole nitrogens is 1. The molecule has 2 N–H and O–H groups in total. The normalized spacial score (nSPS) is 19.6. The molecule has 1 atom stereocenters. The number of aryl methyl sites for hydroxylation is 2. The van der Waals surface area contributed by atoms with E-state index >= 15 is 0 Å². The highest BCUT2D eigenvalue weighted by molar-refractivity contribution is 6.41. The van der Waals surface area contributed by atoms with Crippen molar-refractivity contribution in [3.63, 3.8) is 0 Å². The highest BCUT2D eigenvalue weighted by Gasteiger charge is 2.30. The summed E-state index contributed by atoms with van der Waals surface area (Å²) in [5.41, 5.74) is 7.12. The smallest absolute Gasteiger partial charge is 0.256 e. The summed E-state index contributed by atoms with van der Waals surface area (Å²) in [5.74, 6) is -0.417. The van der Waals surface area contributed by atoms with Gasteiger partial charge in [0.05, 0.1) is 52.5 Å². The van der Waals surface area contributed by atoms with Gasteiger partial charge in [-0.05, 0) is 50.6 Å². The summed E-state index contributed by atoms with van der Waals surface area (Å²) in [6, 6.07) is 5.43. The van der Waals surface area contributed by atoms with Crippen LogP contribution in [0.5, 0.6) is 0 Å². The van der Waals surface area contributed by atoms with Gasteiger partial charge < -0.3 is 19.9 Å². The summed E-state index contributed by atoms with van der Waals surface area (Å²) >= 11 is 6.64. The van der Waals surface area contributed by atoms with Crippen molar-refractivity contribution in [2.45, 2.75) is 33.4 Å². The molecule has 3 aromatic rings. The maximum Gasteiger partial charge on any atom is 0.256 e. The molecule has 0 unspecified atom stereocenters. The predicted octanol–water partition coefficient (Wildman–Crippen LogP) is 4.17. The fraction of sp³-hybridized carbons (Fsp3) is 0.320. The van der Waals surface area contributed by atoms with E-state index in [2.05, 4.69) is 15.4 Å². The Balaban J connectivity index is 1.77. The van der Waals surface area contributed by atoms with E-state index in [1.165, 1.54) is 0 Å². The van der Waals surface area contributed by atoms with Gasteiger partial charge in [-0.1, -0.05) is 11.6 Å². The Morgan fingerprint density at radius 2 is 1.91 bits per heavy atom. The molecule has 2 aliphatic heterocycles. The number of halogens is 1. The van der Waals surface area contributed by atoms with Crippen molar-refractivity contribution in [2.24, 2.45) is 7.05 Å². The molecular weight excluding hydrogens is 454 g/mol. The van der Waals surface area contributed by atoms with Crippen LogP contribution < -0.4 is 5.32 Å². The fourth-order valence-corrected chi connectivity index (χ4v) is 4.83. The van der Waals surface area contributed by atoms with Crippen molar-refractivity contribution in [1.82, 2.24) is 19.7 Å². The molecule has 8 nitrogen and oxygen atoms in total. The van der Waals surface area contributed by atoms with E-state index in [1.54, 1.807) is 24.1 Å². The van der Waals surface area contributed by atoms with Gasteiger partial charge in [0.25, 0.3) is 11.8 Å². The highest BCUT2D eigenvalue weighted by atomic mass is 35.5. The third-order valence-electron chi connectivity index (χ3n) is 6.64. The number of carbonyl (C=O) groups is 2. The van der Waals surface area contributed by atoms with Crippen molar-refractivity contribution < 1.29 is 14.3 Å². The average molecular weight is 480 g/mol. The molecule has 34 heavy (non-hydrogen) atoms. The number of nitrogens with zero attached hydrogens (tertiary/aromatic N) is 3. The second kappa shape index (κ2) is 8.14. The molecule has 2 aliphatic rings. The van der Waals surface area contributed by atoms with Crippen LogP contribution in [-0.2, 0) is 23.2 Å². The summed E-state index contributed by atoms with van der Waals surface area (Å²) < 4.78 is 7.83. The number of likely N-dealkylation sites (N-methyl/N-ethyl adjacent to an activating group) is 1. The first-order valence-electron chi connectivity index (χ1n) is 11.1. The molecule has 0 spiro atoms. The number of amides is 2. The number of hydrogen-bond acceptors (Lipinski definition) is 4. The molecule has 0 fully saturated rings. The number of benzene rings is 1. The van der Waals surface area contributed by atoms with Crippen molar-refractivity contribution in [3.8, 4) is 11.1 Å². The monoisotopic (exact) mass is 479 g/mol. The molecule has 0 aliphatic carbocycles. The van der Waals surface area contributed by atoms with E-state index in [0.29, 0.717) is 39.7 Å². The maximum absolute atomic E-state index is 13.3. The zero-order valence-corrected chi connectivity index (χ0v) is 20.5. The number of carbonyl (C=O) groups excluding carboxylic acids is 2. The van der Waals surface area contributed by atoms with Crippen molar-refractivity contribution in [2.75, 3.05) is 19.0 Å². The van der Waals surface area contributed by atoms with Gasteiger partial charge in [0.15, 0.2) is 0 Å². The van der Waals surface area contributed by atoms with Crippen molar-refractivity contribution in [1.29, 1.82) is 0 Å². The van der Waals surface area contributed by atoms with Crippen LogP contribution in [0.1, 0.15) is 45.6 Å². The van der Waals surface area contributed by atoms with Crippen LogP contribution in [-0.4, -0.2) is 51.2 Å². The molecule has 1 aromatic carbocycles. The van der Waals surface area contributed by atoms with Crippen LogP contribution in [0.25, 0.3) is 22.8 Å². The van der Waals surface area contributed by atoms with E-state index < -0.39 is 0 Å². The van der Waals surface area contributed by atoms with Gasteiger partial charge in [0.1, 0.15) is 0 Å². The molecule has 2 bridgehead atoms. The Bertz CT molecular complexity index is 1380. The van der Waals surface area contributed by atoms with E-state index in [1.807, 2.05) is 44.6 Å². The number of aromatic amines is 1. The Hall–Kier alpha value is -3.36. The van der Waals surface area contributed by atoms with Gasteiger partial charge in [0.2, 0.25) is 0 Å². The van der Waals surface area contributed by atoms with Gasteiger partial charge >= 0.3 is 0 Å². The summed E-state index contributed by atoms with van der Waals surface area (Å²) in [5, 5.41) is 7.97. The number of rotatable bonds is 0. The molecule has 0 saturated carbocycles. The molecule has 0 radical (unpaired) electrons. The van der Waals surface area contributed by atoms with Crippen LogP contribution in [0.15, 0.2) is 18.2 Å². The molecule has 2 amide bonds. The minimum atomic E-state index is -0.266.